The van der Waals surface area contributed by atoms with Gasteiger partial charge in [-0.15, -0.1) is 0 Å². The number of anilines is 1. The molecule has 78 valence electrons. The van der Waals surface area contributed by atoms with Gasteiger partial charge in [-0.2, -0.15) is 0 Å². The molecule has 0 saturated heterocycles. The van der Waals surface area contributed by atoms with Gasteiger partial charge in [0.2, 0.25) is 0 Å². The molecular weight excluding hydrogens is 170 g/mol. The van der Waals surface area contributed by atoms with Gasteiger partial charge in [0.15, 0.2) is 0 Å². The maximum atomic E-state index is 6.00. The molecule has 2 N–H and O–H groups in total. The summed E-state index contributed by atoms with van der Waals surface area (Å²) in [6.45, 7) is 8.90. The molecule has 0 spiro atoms. The van der Waals surface area contributed by atoms with Crippen molar-refractivity contribution in [3.05, 3.63) is 29.3 Å². The molecule has 1 aromatic rings. The van der Waals surface area contributed by atoms with Crippen molar-refractivity contribution in [3.63, 3.8) is 0 Å². The van der Waals surface area contributed by atoms with E-state index in [0.29, 0.717) is 0 Å². The lowest BCUT2D eigenvalue weighted by molar-refractivity contribution is 0.582. The van der Waals surface area contributed by atoms with Crippen LogP contribution in [0.5, 0.6) is 0 Å². The average molecular weight is 191 g/mol. The van der Waals surface area contributed by atoms with Crippen LogP contribution >= 0.6 is 0 Å². The number of hydrogen-bond donors (Lipinski definition) is 1. The molecule has 0 radical (unpaired) electrons. The first-order chi connectivity index (χ1) is 6.46. The Hall–Kier alpha value is -0.980. The van der Waals surface area contributed by atoms with Gasteiger partial charge in [0, 0.05) is 5.69 Å². The Kier molecular flexibility index (Phi) is 3.20. The minimum atomic E-state index is 0.194. The standard InChI is InChI=1S/C13H21N/c1-5-7-10-11(13(2,3)4)8-6-9-12(10)14/h6,8-9H,5,7,14H2,1-4H3. The fourth-order valence-corrected chi connectivity index (χ4v) is 1.84. The van der Waals surface area contributed by atoms with E-state index in [1.54, 1.807) is 0 Å². The van der Waals surface area contributed by atoms with Gasteiger partial charge >= 0.3 is 0 Å². The molecule has 1 rings (SSSR count). The topological polar surface area (TPSA) is 26.0 Å². The van der Waals surface area contributed by atoms with Crippen molar-refractivity contribution in [2.75, 3.05) is 5.73 Å². The van der Waals surface area contributed by atoms with Gasteiger partial charge in [-0.25, -0.2) is 0 Å². The van der Waals surface area contributed by atoms with E-state index in [2.05, 4.69) is 39.8 Å². The van der Waals surface area contributed by atoms with Crippen LogP contribution in [0.4, 0.5) is 5.69 Å². The second-order valence-corrected chi connectivity index (χ2v) is 4.87. The van der Waals surface area contributed by atoms with Gasteiger partial charge in [0.25, 0.3) is 0 Å². The minimum absolute atomic E-state index is 0.194. The molecule has 0 aliphatic rings. The maximum Gasteiger partial charge on any atom is 0.0349 e. The number of hydrogen-bond acceptors (Lipinski definition) is 1. The summed E-state index contributed by atoms with van der Waals surface area (Å²) in [6.07, 6.45) is 2.23. The summed E-state index contributed by atoms with van der Waals surface area (Å²) in [6, 6.07) is 6.25. The molecule has 0 bridgehead atoms. The van der Waals surface area contributed by atoms with Crippen molar-refractivity contribution >= 4 is 5.69 Å². The summed E-state index contributed by atoms with van der Waals surface area (Å²) in [7, 11) is 0. The molecule has 14 heavy (non-hydrogen) atoms. The fourth-order valence-electron chi connectivity index (χ4n) is 1.84. The van der Waals surface area contributed by atoms with E-state index in [1.165, 1.54) is 11.1 Å². The molecule has 0 aliphatic heterocycles. The lowest BCUT2D eigenvalue weighted by Gasteiger charge is -2.24. The third-order valence-electron chi connectivity index (χ3n) is 2.52. The lowest BCUT2D eigenvalue weighted by atomic mass is 9.82. The van der Waals surface area contributed by atoms with E-state index in [4.69, 9.17) is 5.73 Å². The number of nitrogen functional groups attached to an aromatic ring is 1. The van der Waals surface area contributed by atoms with Crippen molar-refractivity contribution in [1.82, 2.24) is 0 Å². The fraction of sp³-hybridized carbons (Fsp3) is 0.538. The first-order valence-electron chi connectivity index (χ1n) is 5.34. The minimum Gasteiger partial charge on any atom is -0.398 e. The second-order valence-electron chi connectivity index (χ2n) is 4.87. The van der Waals surface area contributed by atoms with Crippen molar-refractivity contribution in [1.29, 1.82) is 0 Å². The van der Waals surface area contributed by atoms with Crippen molar-refractivity contribution in [2.45, 2.75) is 46.0 Å². The molecule has 0 unspecified atom stereocenters. The first kappa shape index (κ1) is 11.1. The highest BCUT2D eigenvalue weighted by Crippen LogP contribution is 2.29. The van der Waals surface area contributed by atoms with E-state index in [0.717, 1.165) is 18.5 Å². The monoisotopic (exact) mass is 191 g/mol. The summed E-state index contributed by atoms with van der Waals surface area (Å²) < 4.78 is 0. The first-order valence-corrected chi connectivity index (χ1v) is 5.34. The van der Waals surface area contributed by atoms with Crippen LogP contribution in [0.15, 0.2) is 18.2 Å². The van der Waals surface area contributed by atoms with Crippen LogP contribution < -0.4 is 5.73 Å². The van der Waals surface area contributed by atoms with Gasteiger partial charge in [-0.1, -0.05) is 46.2 Å². The molecule has 0 saturated carbocycles. The SMILES string of the molecule is CCCc1c(N)cccc1C(C)(C)C. The van der Waals surface area contributed by atoms with Gasteiger partial charge in [-0.05, 0) is 29.0 Å². The van der Waals surface area contributed by atoms with Gasteiger partial charge in [0.05, 0.1) is 0 Å². The third kappa shape index (κ3) is 2.28. The van der Waals surface area contributed by atoms with Gasteiger partial charge in [0.1, 0.15) is 0 Å². The zero-order valence-corrected chi connectivity index (χ0v) is 9.72. The summed E-state index contributed by atoms with van der Waals surface area (Å²) in [5.41, 5.74) is 9.87. The van der Waals surface area contributed by atoms with Crippen molar-refractivity contribution in [3.8, 4) is 0 Å². The van der Waals surface area contributed by atoms with Crippen LogP contribution in [0, 0.1) is 0 Å². The summed E-state index contributed by atoms with van der Waals surface area (Å²) in [5.74, 6) is 0. The highest BCUT2D eigenvalue weighted by molar-refractivity contribution is 5.52. The van der Waals surface area contributed by atoms with Crippen LogP contribution in [0.25, 0.3) is 0 Å². The molecule has 0 amide bonds. The predicted molar refractivity (Wildman–Crippen MR) is 63.5 cm³/mol. The number of nitrogens with two attached hydrogens (primary N) is 1. The predicted octanol–water partition coefficient (Wildman–Crippen LogP) is 3.52. The Morgan fingerprint density at radius 1 is 1.21 bits per heavy atom. The molecular formula is C13H21N. The molecule has 1 nitrogen and oxygen atoms in total. The molecule has 0 heterocycles. The molecule has 1 aromatic carbocycles. The van der Waals surface area contributed by atoms with Gasteiger partial charge < -0.3 is 5.73 Å². The second kappa shape index (κ2) is 4.04. The Bertz CT molecular complexity index is 308. The quantitative estimate of drug-likeness (QED) is 0.711. The molecule has 0 fully saturated rings. The molecule has 0 atom stereocenters. The van der Waals surface area contributed by atoms with Gasteiger partial charge in [-0.3, -0.25) is 0 Å². The summed E-state index contributed by atoms with van der Waals surface area (Å²) in [5, 5.41) is 0. The summed E-state index contributed by atoms with van der Waals surface area (Å²) >= 11 is 0. The molecule has 0 aromatic heterocycles. The van der Waals surface area contributed by atoms with Crippen LogP contribution in [0.2, 0.25) is 0 Å². The highest BCUT2D eigenvalue weighted by Gasteiger charge is 2.18. The van der Waals surface area contributed by atoms with E-state index < -0.39 is 0 Å². The maximum absolute atomic E-state index is 6.00. The van der Waals surface area contributed by atoms with Crippen LogP contribution in [-0.4, -0.2) is 0 Å². The Labute approximate surface area is 87.3 Å². The smallest absolute Gasteiger partial charge is 0.0349 e. The average Bonchev–Trinajstić information content (AvgIpc) is 2.07. The number of rotatable bonds is 2. The van der Waals surface area contributed by atoms with E-state index in [9.17, 15) is 0 Å². The Morgan fingerprint density at radius 3 is 2.36 bits per heavy atom. The van der Waals surface area contributed by atoms with Crippen molar-refractivity contribution in [2.24, 2.45) is 0 Å². The zero-order valence-electron chi connectivity index (χ0n) is 9.72. The van der Waals surface area contributed by atoms with Crippen LogP contribution in [-0.2, 0) is 11.8 Å². The van der Waals surface area contributed by atoms with Crippen LogP contribution in [0.3, 0.4) is 0 Å². The normalized spacial score (nSPS) is 11.7. The molecule has 1 heteroatoms. The van der Waals surface area contributed by atoms with E-state index >= 15 is 0 Å². The molecule has 0 aliphatic carbocycles. The van der Waals surface area contributed by atoms with E-state index in [1.807, 2.05) is 6.07 Å². The third-order valence-corrected chi connectivity index (χ3v) is 2.52. The lowest BCUT2D eigenvalue weighted by Crippen LogP contribution is -2.15. The largest absolute Gasteiger partial charge is 0.398 e. The van der Waals surface area contributed by atoms with Crippen molar-refractivity contribution < 1.29 is 0 Å². The van der Waals surface area contributed by atoms with E-state index in [-0.39, 0.29) is 5.41 Å². The Balaban J connectivity index is 3.21. The zero-order chi connectivity index (χ0) is 10.8. The number of benzene rings is 1. The highest BCUT2D eigenvalue weighted by atomic mass is 14.6. The Morgan fingerprint density at radius 2 is 1.86 bits per heavy atom. The summed E-state index contributed by atoms with van der Waals surface area (Å²) in [4.78, 5) is 0. The van der Waals surface area contributed by atoms with Crippen LogP contribution in [0.1, 0.15) is 45.2 Å².